The molecule has 0 aromatic carbocycles. The predicted octanol–water partition coefficient (Wildman–Crippen LogP) is 0.0249. The van der Waals surface area contributed by atoms with Crippen LogP contribution in [0.15, 0.2) is 9.59 Å². The lowest BCUT2D eigenvalue weighted by Crippen LogP contribution is -2.31. The van der Waals surface area contributed by atoms with Crippen molar-refractivity contribution in [1.29, 1.82) is 0 Å². The first-order chi connectivity index (χ1) is 11.3. The third kappa shape index (κ3) is 3.74. The quantitative estimate of drug-likeness (QED) is 0.731. The van der Waals surface area contributed by atoms with Crippen molar-refractivity contribution in [1.82, 2.24) is 19.1 Å². The van der Waals surface area contributed by atoms with Crippen molar-refractivity contribution in [3.05, 3.63) is 26.7 Å². The number of aliphatic carboxylic acids is 1. The Morgan fingerprint density at radius 1 is 1.29 bits per heavy atom. The van der Waals surface area contributed by atoms with E-state index in [9.17, 15) is 19.5 Å². The summed E-state index contributed by atoms with van der Waals surface area (Å²) in [6.07, 6.45) is 1.66. The highest BCUT2D eigenvalue weighted by atomic mass is 16.4. The maximum Gasteiger partial charge on any atom is 0.330 e. The second-order valence-electron chi connectivity index (χ2n) is 6.34. The van der Waals surface area contributed by atoms with Crippen LogP contribution in [0.5, 0.6) is 0 Å². The van der Waals surface area contributed by atoms with Gasteiger partial charge in [-0.05, 0) is 18.8 Å². The van der Waals surface area contributed by atoms with Gasteiger partial charge in [0.2, 0.25) is 0 Å². The Morgan fingerprint density at radius 2 is 2.00 bits per heavy atom. The number of nitrogens with zero attached hydrogens (tertiary/aromatic N) is 3. The van der Waals surface area contributed by atoms with Crippen LogP contribution in [0.2, 0.25) is 0 Å². The van der Waals surface area contributed by atoms with E-state index in [0.717, 1.165) is 12.8 Å². The molecule has 1 N–H and O–H groups in total. The highest BCUT2D eigenvalue weighted by molar-refractivity contribution is 5.71. The third-order valence-corrected chi connectivity index (χ3v) is 3.80. The van der Waals surface area contributed by atoms with Crippen molar-refractivity contribution >= 4 is 17.1 Å². The third-order valence-electron chi connectivity index (χ3n) is 3.80. The number of aryl methyl sites for hydroxylation is 2. The van der Waals surface area contributed by atoms with E-state index in [1.54, 1.807) is 4.57 Å². The van der Waals surface area contributed by atoms with E-state index in [1.165, 1.54) is 4.57 Å². The van der Waals surface area contributed by atoms with E-state index in [0.29, 0.717) is 30.1 Å². The topological polar surface area (TPSA) is 113 Å². The molecule has 2 aromatic rings. The number of carboxylic acid groups (broad SMARTS) is 1. The average molecular weight is 335 g/mol. The number of unbranched alkanes of at least 4 members (excludes halogenated alkanes) is 1. The molecule has 0 fully saturated rings. The van der Waals surface area contributed by atoms with Crippen LogP contribution in [-0.4, -0.2) is 25.1 Å². The molecule has 0 unspecified atom stereocenters. The Morgan fingerprint density at radius 3 is 2.58 bits per heavy atom. The van der Waals surface area contributed by atoms with Gasteiger partial charge >= 0.3 is 5.69 Å². The number of nitrogens with one attached hydrogen (secondary N) is 1. The normalized spacial score (nSPS) is 11.5. The van der Waals surface area contributed by atoms with E-state index in [-0.39, 0.29) is 18.8 Å². The van der Waals surface area contributed by atoms with Crippen molar-refractivity contribution in [3.8, 4) is 0 Å². The largest absolute Gasteiger partial charge is 0.550 e. The second-order valence-corrected chi connectivity index (χ2v) is 6.34. The minimum atomic E-state index is -1.17. The molecule has 2 aromatic heterocycles. The average Bonchev–Trinajstić information content (AvgIpc) is 2.83. The Labute approximate surface area is 139 Å². The predicted molar refractivity (Wildman–Crippen MR) is 87.7 cm³/mol. The second kappa shape index (κ2) is 7.46. The van der Waals surface area contributed by atoms with Gasteiger partial charge in [0.15, 0.2) is 11.2 Å². The fourth-order valence-electron chi connectivity index (χ4n) is 2.71. The van der Waals surface area contributed by atoms with Crippen LogP contribution in [0.4, 0.5) is 0 Å². The number of carboxylic acids is 1. The first-order valence-electron chi connectivity index (χ1n) is 8.27. The molecule has 132 valence electrons. The Hall–Kier alpha value is -2.38. The SMILES string of the molecule is CCCCn1c(=O)[nH]c(=O)c2c1nc(CCC(=O)[O-])n2CC(C)C. The van der Waals surface area contributed by atoms with Gasteiger partial charge in [-0.25, -0.2) is 9.78 Å². The van der Waals surface area contributed by atoms with E-state index in [4.69, 9.17) is 0 Å². The number of carbonyl (C=O) groups excluding carboxylic acids is 1. The molecule has 0 bridgehead atoms. The maximum absolute atomic E-state index is 12.3. The van der Waals surface area contributed by atoms with Gasteiger partial charge in [-0.2, -0.15) is 0 Å². The zero-order valence-electron chi connectivity index (χ0n) is 14.3. The molecule has 0 aliphatic rings. The molecular weight excluding hydrogens is 312 g/mol. The van der Waals surface area contributed by atoms with Crippen molar-refractivity contribution in [2.75, 3.05) is 0 Å². The molecule has 0 amide bonds. The van der Waals surface area contributed by atoms with Crippen molar-refractivity contribution in [3.63, 3.8) is 0 Å². The van der Waals surface area contributed by atoms with Gasteiger partial charge in [0.1, 0.15) is 5.82 Å². The van der Waals surface area contributed by atoms with Gasteiger partial charge in [0.05, 0.1) is 0 Å². The van der Waals surface area contributed by atoms with E-state index in [2.05, 4.69) is 9.97 Å². The number of fused-ring (bicyclic) bond motifs is 1. The summed E-state index contributed by atoms with van der Waals surface area (Å²) < 4.78 is 3.18. The first kappa shape index (κ1) is 18.0. The number of H-pyrrole nitrogens is 1. The number of hydrogen-bond acceptors (Lipinski definition) is 5. The molecule has 0 spiro atoms. The van der Waals surface area contributed by atoms with Crippen molar-refractivity contribution in [2.45, 2.75) is 59.5 Å². The Kier molecular flexibility index (Phi) is 5.58. The number of hydrogen-bond donors (Lipinski definition) is 1. The summed E-state index contributed by atoms with van der Waals surface area (Å²) >= 11 is 0. The maximum atomic E-state index is 12.3. The number of aromatic nitrogens is 4. The molecule has 0 atom stereocenters. The zero-order valence-corrected chi connectivity index (χ0v) is 14.3. The van der Waals surface area contributed by atoms with Crippen LogP contribution in [0, 0.1) is 5.92 Å². The number of imidazole rings is 1. The van der Waals surface area contributed by atoms with Gasteiger partial charge < -0.3 is 14.5 Å². The molecule has 24 heavy (non-hydrogen) atoms. The summed E-state index contributed by atoms with van der Waals surface area (Å²) in [5.74, 6) is -0.445. The molecule has 0 aliphatic carbocycles. The molecule has 8 heteroatoms. The summed E-state index contributed by atoms with van der Waals surface area (Å²) in [4.78, 5) is 42.0. The van der Waals surface area contributed by atoms with E-state index in [1.807, 2.05) is 20.8 Å². The van der Waals surface area contributed by atoms with Gasteiger partial charge in [-0.15, -0.1) is 0 Å². The summed E-state index contributed by atoms with van der Waals surface area (Å²) in [6, 6.07) is 0. The molecule has 2 heterocycles. The number of carbonyl (C=O) groups is 1. The highest BCUT2D eigenvalue weighted by Crippen LogP contribution is 2.15. The molecule has 0 radical (unpaired) electrons. The summed E-state index contributed by atoms with van der Waals surface area (Å²) in [5.41, 5.74) is -0.323. The standard InChI is InChI=1S/C16H24N4O4/c1-4-5-8-19-14-13(15(23)18-16(19)24)20(9-10(2)3)11(17-14)6-7-12(21)22/h10H,4-9H2,1-3H3,(H,21,22)(H,18,23,24)/p-1. The van der Waals surface area contributed by atoms with Crippen LogP contribution in [0.25, 0.3) is 11.2 Å². The summed E-state index contributed by atoms with van der Waals surface area (Å²) in [5, 5.41) is 10.8. The molecular formula is C16H23N4O4-. The van der Waals surface area contributed by atoms with Gasteiger partial charge in [0.25, 0.3) is 5.56 Å². The molecule has 0 aliphatic heterocycles. The van der Waals surface area contributed by atoms with Crippen LogP contribution in [0.3, 0.4) is 0 Å². The zero-order chi connectivity index (χ0) is 17.9. The van der Waals surface area contributed by atoms with E-state index < -0.39 is 17.2 Å². The summed E-state index contributed by atoms with van der Waals surface area (Å²) in [7, 11) is 0. The van der Waals surface area contributed by atoms with E-state index >= 15 is 0 Å². The molecule has 0 saturated carbocycles. The summed E-state index contributed by atoms with van der Waals surface area (Å²) in [6.45, 7) is 6.98. The van der Waals surface area contributed by atoms with Crippen LogP contribution >= 0.6 is 0 Å². The highest BCUT2D eigenvalue weighted by Gasteiger charge is 2.18. The fraction of sp³-hybridized carbons (Fsp3) is 0.625. The first-order valence-corrected chi connectivity index (χ1v) is 8.27. The van der Waals surface area contributed by atoms with Gasteiger partial charge in [-0.1, -0.05) is 27.2 Å². The van der Waals surface area contributed by atoms with Crippen molar-refractivity contribution in [2.24, 2.45) is 5.92 Å². The fourth-order valence-corrected chi connectivity index (χ4v) is 2.71. The molecule has 8 nitrogen and oxygen atoms in total. The number of rotatable bonds is 8. The van der Waals surface area contributed by atoms with Crippen molar-refractivity contribution < 1.29 is 9.90 Å². The lowest BCUT2D eigenvalue weighted by Gasteiger charge is -2.11. The van der Waals surface area contributed by atoms with Crippen LogP contribution < -0.4 is 16.4 Å². The minimum absolute atomic E-state index is 0.158. The number of aromatic amines is 1. The Balaban J connectivity index is 2.67. The molecule has 0 saturated heterocycles. The Bertz CT molecular complexity index is 844. The lowest BCUT2D eigenvalue weighted by molar-refractivity contribution is -0.305. The van der Waals surface area contributed by atoms with Gasteiger partial charge in [0, 0.05) is 25.5 Å². The van der Waals surface area contributed by atoms with Crippen LogP contribution in [0.1, 0.15) is 45.9 Å². The van der Waals surface area contributed by atoms with Crippen LogP contribution in [-0.2, 0) is 24.3 Å². The minimum Gasteiger partial charge on any atom is -0.550 e. The lowest BCUT2D eigenvalue weighted by atomic mass is 10.2. The smallest absolute Gasteiger partial charge is 0.330 e. The van der Waals surface area contributed by atoms with Gasteiger partial charge in [-0.3, -0.25) is 14.3 Å². The monoisotopic (exact) mass is 335 g/mol. The molecule has 2 rings (SSSR count).